The summed E-state index contributed by atoms with van der Waals surface area (Å²) in [5.41, 5.74) is 1.63. The summed E-state index contributed by atoms with van der Waals surface area (Å²) in [4.78, 5) is 41.8. The highest BCUT2D eigenvalue weighted by Crippen LogP contribution is 2.40. The number of hydrogen-bond donors (Lipinski definition) is 3. The second-order valence-corrected chi connectivity index (χ2v) is 12.8. The average molecular weight is 618 g/mol. The molecule has 14 nitrogen and oxygen atoms in total. The topological polar surface area (TPSA) is 189 Å². The van der Waals surface area contributed by atoms with Crippen molar-refractivity contribution < 1.29 is 32.6 Å². The summed E-state index contributed by atoms with van der Waals surface area (Å²) in [7, 11) is -3.55. The molecule has 0 saturated carbocycles. The van der Waals surface area contributed by atoms with E-state index in [4.69, 9.17) is 4.74 Å². The zero-order chi connectivity index (χ0) is 29.9. The molecule has 0 spiro atoms. The molecular formula is C26H31N7O7S2. The van der Waals surface area contributed by atoms with Crippen LogP contribution in [0.4, 0.5) is 0 Å². The van der Waals surface area contributed by atoms with Crippen LogP contribution in [-0.2, 0) is 42.1 Å². The van der Waals surface area contributed by atoms with Gasteiger partial charge in [-0.1, -0.05) is 18.6 Å². The number of thiazole rings is 1. The van der Waals surface area contributed by atoms with Crippen molar-refractivity contribution in [2.45, 2.75) is 68.2 Å². The third-order valence-corrected chi connectivity index (χ3v) is 9.94. The first-order chi connectivity index (χ1) is 20.1. The van der Waals surface area contributed by atoms with E-state index in [0.717, 1.165) is 19.3 Å². The van der Waals surface area contributed by atoms with Crippen LogP contribution in [0.1, 0.15) is 44.0 Å². The number of ether oxygens (including phenoxy) is 1. The normalized spacial score (nSPS) is 21.4. The molecule has 2 fully saturated rings. The summed E-state index contributed by atoms with van der Waals surface area (Å²) in [5.74, 6) is -2.44. The lowest BCUT2D eigenvalue weighted by Gasteiger charge is -2.25. The van der Waals surface area contributed by atoms with Crippen molar-refractivity contribution >= 4 is 39.1 Å². The molecule has 0 radical (unpaired) electrons. The van der Waals surface area contributed by atoms with Crippen molar-refractivity contribution in [3.05, 3.63) is 52.7 Å². The number of carbonyl (C=O) groups is 3. The molecule has 3 aromatic rings. The Hall–Kier alpha value is -3.73. The Labute approximate surface area is 246 Å². The van der Waals surface area contributed by atoms with Crippen LogP contribution in [0, 0.1) is 0 Å². The van der Waals surface area contributed by atoms with E-state index in [-0.39, 0.29) is 24.3 Å². The Kier molecular flexibility index (Phi) is 8.68. The number of benzene rings is 1. The van der Waals surface area contributed by atoms with Crippen LogP contribution in [0.3, 0.4) is 0 Å². The summed E-state index contributed by atoms with van der Waals surface area (Å²) < 4.78 is 34.0. The van der Waals surface area contributed by atoms with Gasteiger partial charge in [-0.15, -0.1) is 16.4 Å². The van der Waals surface area contributed by atoms with Gasteiger partial charge in [-0.25, -0.2) is 22.9 Å². The van der Waals surface area contributed by atoms with Crippen molar-refractivity contribution in [1.29, 1.82) is 0 Å². The molecule has 5 rings (SSSR count). The number of aliphatic carboxylic acids is 1. The molecule has 4 heterocycles. The number of carbonyl (C=O) groups excluding carboxylic acids is 2. The lowest BCUT2D eigenvalue weighted by atomic mass is 10.0. The lowest BCUT2D eigenvalue weighted by Crippen LogP contribution is -2.50. The van der Waals surface area contributed by atoms with Gasteiger partial charge in [-0.2, -0.15) is 4.31 Å². The van der Waals surface area contributed by atoms with E-state index in [9.17, 15) is 27.9 Å². The summed E-state index contributed by atoms with van der Waals surface area (Å²) in [6.07, 6.45) is 3.35. The molecule has 3 atom stereocenters. The van der Waals surface area contributed by atoms with Crippen LogP contribution < -0.4 is 10.6 Å². The minimum atomic E-state index is -3.55. The minimum absolute atomic E-state index is 0.00234. The van der Waals surface area contributed by atoms with E-state index in [1.165, 1.54) is 32.5 Å². The Morgan fingerprint density at radius 2 is 1.90 bits per heavy atom. The number of rotatable bonds is 12. The monoisotopic (exact) mass is 617 g/mol. The van der Waals surface area contributed by atoms with Gasteiger partial charge in [-0.3, -0.25) is 9.59 Å². The average Bonchev–Trinajstić information content (AvgIpc) is 3.27. The summed E-state index contributed by atoms with van der Waals surface area (Å²) in [6.45, 7) is 2.65. The number of hydrogen-bond acceptors (Lipinski definition) is 10. The maximum atomic E-state index is 13.1. The number of epoxide rings is 1. The number of sulfonamides is 1. The van der Waals surface area contributed by atoms with Gasteiger partial charge in [0.25, 0.3) is 5.91 Å². The zero-order valence-electron chi connectivity index (χ0n) is 22.8. The first-order valence-corrected chi connectivity index (χ1v) is 15.9. The number of nitrogens with zero attached hydrogens (tertiary/aromatic N) is 5. The SMILES string of the molecule is CCC1(C(=O)O)OC1C(=O)N[C@@H](Cc1cscn1)C(=O)NCc1cn(-c2ccc(S(=O)(=O)N3CCCCC3)cc2)nn1. The first-order valence-electron chi connectivity index (χ1n) is 13.5. The molecular weight excluding hydrogens is 586 g/mol. The minimum Gasteiger partial charge on any atom is -0.479 e. The first kappa shape index (κ1) is 29.8. The number of nitrogens with one attached hydrogen (secondary N) is 2. The van der Waals surface area contributed by atoms with E-state index in [2.05, 4.69) is 25.9 Å². The predicted octanol–water partition coefficient (Wildman–Crippen LogP) is 0.874. The van der Waals surface area contributed by atoms with Gasteiger partial charge in [0.2, 0.25) is 21.5 Å². The predicted molar refractivity (Wildman–Crippen MR) is 149 cm³/mol. The summed E-state index contributed by atoms with van der Waals surface area (Å²) in [6, 6.07) is 5.32. The second kappa shape index (κ2) is 12.2. The standard InChI is InChI=1S/C26H31N7O7S2/c1-2-26(25(36)37)22(40-26)24(35)29-21(12-17-15-41-16-28-17)23(34)27-13-18-14-33(31-30-18)19-6-8-20(9-7-19)42(38,39)32-10-4-3-5-11-32/h6-9,14-16,21-22H,2-5,10-13H2,1H3,(H,27,34)(H,29,35)(H,36,37)/t21-,22?,26?/m0/s1. The zero-order valence-corrected chi connectivity index (χ0v) is 24.4. The Morgan fingerprint density at radius 1 is 1.17 bits per heavy atom. The van der Waals surface area contributed by atoms with Crippen LogP contribution in [0.2, 0.25) is 0 Å². The number of carboxylic acids is 1. The molecule has 2 aliphatic heterocycles. The van der Waals surface area contributed by atoms with Crippen LogP contribution in [0.5, 0.6) is 0 Å². The molecule has 2 amide bonds. The number of aromatic nitrogens is 4. The molecule has 16 heteroatoms. The van der Waals surface area contributed by atoms with Crippen molar-refractivity contribution in [3.63, 3.8) is 0 Å². The molecule has 2 aliphatic rings. The van der Waals surface area contributed by atoms with E-state index in [0.29, 0.717) is 30.2 Å². The van der Waals surface area contributed by atoms with Gasteiger partial charge >= 0.3 is 5.97 Å². The van der Waals surface area contributed by atoms with Gasteiger partial charge in [0.1, 0.15) is 11.7 Å². The van der Waals surface area contributed by atoms with Gasteiger partial charge in [0.05, 0.1) is 34.5 Å². The number of amides is 2. The van der Waals surface area contributed by atoms with Gasteiger partial charge in [0.15, 0.2) is 6.10 Å². The van der Waals surface area contributed by atoms with E-state index >= 15 is 0 Å². The lowest BCUT2D eigenvalue weighted by molar-refractivity contribution is -0.143. The third-order valence-electron chi connectivity index (χ3n) is 7.39. The third kappa shape index (κ3) is 6.21. The number of piperidine rings is 1. The molecule has 0 bridgehead atoms. The van der Waals surface area contributed by atoms with Crippen LogP contribution in [0.25, 0.3) is 5.69 Å². The molecule has 2 aromatic heterocycles. The molecule has 2 saturated heterocycles. The summed E-state index contributed by atoms with van der Waals surface area (Å²) in [5, 5.41) is 24.7. The van der Waals surface area contributed by atoms with Crippen LogP contribution in [0.15, 0.2) is 46.2 Å². The second-order valence-electron chi connectivity index (χ2n) is 10.1. The number of carboxylic acid groups (broad SMARTS) is 1. The maximum Gasteiger partial charge on any atom is 0.339 e. The van der Waals surface area contributed by atoms with E-state index in [1.54, 1.807) is 36.1 Å². The highest BCUT2D eigenvalue weighted by Gasteiger charge is 2.65. The molecule has 1 aromatic carbocycles. The fraction of sp³-hybridized carbons (Fsp3) is 0.462. The van der Waals surface area contributed by atoms with Gasteiger partial charge in [0, 0.05) is 24.9 Å². The Bertz CT molecular complexity index is 1540. The maximum absolute atomic E-state index is 13.1. The molecule has 2 unspecified atom stereocenters. The fourth-order valence-electron chi connectivity index (χ4n) is 4.86. The van der Waals surface area contributed by atoms with Crippen molar-refractivity contribution in [3.8, 4) is 5.69 Å². The quantitative estimate of drug-likeness (QED) is 0.246. The van der Waals surface area contributed by atoms with Crippen molar-refractivity contribution in [2.24, 2.45) is 0 Å². The molecule has 224 valence electrons. The van der Waals surface area contributed by atoms with E-state index in [1.807, 2.05) is 0 Å². The Balaban J connectivity index is 1.21. The van der Waals surface area contributed by atoms with Crippen LogP contribution >= 0.6 is 11.3 Å². The fourth-order valence-corrected chi connectivity index (χ4v) is 6.95. The molecule has 42 heavy (non-hydrogen) atoms. The van der Waals surface area contributed by atoms with Gasteiger partial charge < -0.3 is 20.5 Å². The Morgan fingerprint density at radius 3 is 2.52 bits per heavy atom. The van der Waals surface area contributed by atoms with Crippen molar-refractivity contribution in [1.82, 2.24) is 34.9 Å². The van der Waals surface area contributed by atoms with E-state index < -0.39 is 45.6 Å². The molecule has 3 N–H and O–H groups in total. The highest BCUT2D eigenvalue weighted by atomic mass is 32.2. The smallest absolute Gasteiger partial charge is 0.339 e. The van der Waals surface area contributed by atoms with Crippen molar-refractivity contribution in [2.75, 3.05) is 13.1 Å². The highest BCUT2D eigenvalue weighted by molar-refractivity contribution is 7.89. The van der Waals surface area contributed by atoms with Gasteiger partial charge in [-0.05, 0) is 43.5 Å². The van der Waals surface area contributed by atoms with Crippen LogP contribution in [-0.4, -0.2) is 86.4 Å². The summed E-state index contributed by atoms with van der Waals surface area (Å²) >= 11 is 1.34. The largest absolute Gasteiger partial charge is 0.479 e. The molecule has 0 aliphatic carbocycles.